The molecule has 1 amide bonds. The highest BCUT2D eigenvalue weighted by Crippen LogP contribution is 2.45. The lowest BCUT2D eigenvalue weighted by atomic mass is 10.0. The maximum Gasteiger partial charge on any atom is 0.416 e. The highest BCUT2D eigenvalue weighted by atomic mass is 35.5. The standard InChI is InChI=1S/C22H28ClN3O7/c1-12-9-25(10-13(2)32-12)18-15(21-29-6-7-30-21)8-16-19(17(18)23)33-24-20(16)26-14(4-3-5-27)11-31-22(26)28/h8,12-14,21,27H,3-7,9-11H2,1-2H3. The van der Waals surface area contributed by atoms with Gasteiger partial charge in [0.1, 0.15) is 11.6 Å². The van der Waals surface area contributed by atoms with Gasteiger partial charge < -0.3 is 33.5 Å². The molecule has 4 heterocycles. The van der Waals surface area contributed by atoms with Crippen molar-refractivity contribution in [1.29, 1.82) is 0 Å². The lowest BCUT2D eigenvalue weighted by Crippen LogP contribution is -2.46. The summed E-state index contributed by atoms with van der Waals surface area (Å²) >= 11 is 6.94. The van der Waals surface area contributed by atoms with Crippen LogP contribution in [0.3, 0.4) is 0 Å². The first kappa shape index (κ1) is 22.7. The van der Waals surface area contributed by atoms with E-state index in [9.17, 15) is 9.90 Å². The van der Waals surface area contributed by atoms with Crippen molar-refractivity contribution >= 4 is 40.2 Å². The maximum absolute atomic E-state index is 12.6. The fourth-order valence-corrected chi connectivity index (χ4v) is 5.23. The molecule has 33 heavy (non-hydrogen) atoms. The first-order valence-corrected chi connectivity index (χ1v) is 11.7. The fourth-order valence-electron chi connectivity index (χ4n) is 4.87. The number of aliphatic hydroxyl groups is 1. The van der Waals surface area contributed by atoms with E-state index in [1.54, 1.807) is 0 Å². The Bertz CT molecular complexity index is 1020. The van der Waals surface area contributed by atoms with Gasteiger partial charge in [-0.2, -0.15) is 0 Å². The molecular formula is C22H28ClN3O7. The van der Waals surface area contributed by atoms with Gasteiger partial charge in [-0.15, -0.1) is 0 Å². The maximum atomic E-state index is 12.6. The van der Waals surface area contributed by atoms with E-state index >= 15 is 0 Å². The number of hydrogen-bond acceptors (Lipinski definition) is 9. The first-order valence-electron chi connectivity index (χ1n) is 11.3. The zero-order valence-electron chi connectivity index (χ0n) is 18.7. The number of carbonyl (C=O) groups is 1. The lowest BCUT2D eigenvalue weighted by Gasteiger charge is -2.38. The third kappa shape index (κ3) is 4.15. The number of benzene rings is 1. The number of carbonyl (C=O) groups excluding carboxylic acids is 1. The van der Waals surface area contributed by atoms with E-state index in [2.05, 4.69) is 10.1 Å². The van der Waals surface area contributed by atoms with Crippen LogP contribution in [0.1, 0.15) is 38.5 Å². The zero-order valence-corrected chi connectivity index (χ0v) is 19.4. The van der Waals surface area contributed by atoms with Crippen molar-refractivity contribution in [2.24, 2.45) is 0 Å². The van der Waals surface area contributed by atoms with Gasteiger partial charge >= 0.3 is 6.09 Å². The second-order valence-electron chi connectivity index (χ2n) is 8.71. The number of cyclic esters (lactones) is 1. The van der Waals surface area contributed by atoms with Crippen molar-refractivity contribution in [3.05, 3.63) is 16.7 Å². The fraction of sp³-hybridized carbons (Fsp3) is 0.636. The molecule has 0 radical (unpaired) electrons. The summed E-state index contributed by atoms with van der Waals surface area (Å²) in [4.78, 5) is 16.2. The van der Waals surface area contributed by atoms with Crippen LogP contribution in [-0.4, -0.2) is 74.1 Å². The van der Waals surface area contributed by atoms with Gasteiger partial charge in [0.2, 0.25) is 0 Å². The monoisotopic (exact) mass is 481 g/mol. The molecule has 1 N–H and O–H groups in total. The van der Waals surface area contributed by atoms with Gasteiger partial charge in [-0.05, 0) is 32.8 Å². The Kier molecular flexibility index (Phi) is 6.37. The van der Waals surface area contributed by atoms with E-state index in [1.807, 2.05) is 19.9 Å². The smallest absolute Gasteiger partial charge is 0.416 e. The number of morpholine rings is 1. The van der Waals surface area contributed by atoms with E-state index < -0.39 is 12.4 Å². The van der Waals surface area contributed by atoms with Gasteiger partial charge in [0, 0.05) is 25.3 Å². The third-order valence-corrected chi connectivity index (χ3v) is 6.54. The summed E-state index contributed by atoms with van der Waals surface area (Å²) in [5.74, 6) is 0.340. The first-order chi connectivity index (χ1) is 16.0. The summed E-state index contributed by atoms with van der Waals surface area (Å²) in [6, 6.07) is 1.64. The average molecular weight is 482 g/mol. The van der Waals surface area contributed by atoms with Crippen LogP contribution in [0, 0.1) is 0 Å². The number of aliphatic hydroxyl groups excluding tert-OH is 1. The van der Waals surface area contributed by atoms with Gasteiger partial charge in [-0.3, -0.25) is 4.90 Å². The molecule has 10 nitrogen and oxygen atoms in total. The van der Waals surface area contributed by atoms with Gasteiger partial charge in [-0.25, -0.2) is 4.79 Å². The quantitative estimate of drug-likeness (QED) is 0.665. The van der Waals surface area contributed by atoms with E-state index in [1.165, 1.54) is 4.90 Å². The minimum atomic E-state index is -0.589. The third-order valence-electron chi connectivity index (χ3n) is 6.19. The molecule has 2 aromatic rings. The van der Waals surface area contributed by atoms with Crippen LogP contribution in [-0.2, 0) is 18.9 Å². The molecule has 3 aliphatic heterocycles. The summed E-state index contributed by atoms with van der Waals surface area (Å²) in [5, 5.41) is 14.4. The van der Waals surface area contributed by atoms with Gasteiger partial charge in [0.25, 0.3) is 0 Å². The second kappa shape index (κ2) is 9.27. The average Bonchev–Trinajstić information content (AvgIpc) is 3.51. The molecule has 3 aliphatic rings. The van der Waals surface area contributed by atoms with Crippen LogP contribution in [0.15, 0.2) is 10.6 Å². The van der Waals surface area contributed by atoms with E-state index in [0.717, 1.165) is 11.3 Å². The van der Waals surface area contributed by atoms with Gasteiger partial charge in [0.15, 0.2) is 17.7 Å². The number of amides is 1. The van der Waals surface area contributed by atoms with Crippen LogP contribution < -0.4 is 9.80 Å². The number of fused-ring (bicyclic) bond motifs is 1. The summed E-state index contributed by atoms with van der Waals surface area (Å²) in [7, 11) is 0. The molecule has 0 saturated carbocycles. The molecule has 5 rings (SSSR count). The Hall–Kier alpha value is -2.11. The molecule has 3 saturated heterocycles. The molecular weight excluding hydrogens is 454 g/mol. The predicted molar refractivity (Wildman–Crippen MR) is 120 cm³/mol. The van der Waals surface area contributed by atoms with Gasteiger partial charge in [-0.1, -0.05) is 16.8 Å². The summed E-state index contributed by atoms with van der Waals surface area (Å²) < 4.78 is 28.5. The topological polar surface area (TPSA) is 107 Å². The zero-order chi connectivity index (χ0) is 23.1. The van der Waals surface area contributed by atoms with Crippen molar-refractivity contribution in [3.63, 3.8) is 0 Å². The summed E-state index contributed by atoms with van der Waals surface area (Å²) in [6.45, 7) is 6.57. The van der Waals surface area contributed by atoms with E-state index in [0.29, 0.717) is 61.0 Å². The Morgan fingerprint density at radius 2 is 1.94 bits per heavy atom. The number of nitrogens with zero attached hydrogens (tertiary/aromatic N) is 3. The summed E-state index contributed by atoms with van der Waals surface area (Å²) in [5.41, 5.74) is 1.91. The van der Waals surface area contributed by atoms with Crippen molar-refractivity contribution in [1.82, 2.24) is 5.16 Å². The largest absolute Gasteiger partial charge is 0.447 e. The van der Waals surface area contributed by atoms with E-state index in [-0.39, 0.29) is 31.5 Å². The molecule has 3 fully saturated rings. The Labute approximate surface area is 196 Å². The number of aromatic nitrogens is 1. The molecule has 0 aliphatic carbocycles. The predicted octanol–water partition coefficient (Wildman–Crippen LogP) is 3.24. The number of anilines is 2. The molecule has 0 spiro atoms. The molecule has 180 valence electrons. The van der Waals surface area contributed by atoms with Crippen LogP contribution in [0.25, 0.3) is 11.0 Å². The minimum Gasteiger partial charge on any atom is -0.447 e. The Balaban J connectivity index is 1.62. The van der Waals surface area contributed by atoms with Crippen molar-refractivity contribution in [2.75, 3.05) is 49.3 Å². The summed E-state index contributed by atoms with van der Waals surface area (Å²) in [6.07, 6.45) is 0.0773. The number of ether oxygens (including phenoxy) is 4. The molecule has 1 aromatic heterocycles. The minimum absolute atomic E-state index is 0.0238. The highest BCUT2D eigenvalue weighted by Gasteiger charge is 2.39. The Morgan fingerprint density at radius 3 is 2.64 bits per heavy atom. The SMILES string of the molecule is CC1CN(c2c(C3OCCO3)cc3c(N4C(=O)OCC4CCCO)noc3c2Cl)CC(C)O1. The number of halogens is 1. The van der Waals surface area contributed by atoms with Gasteiger partial charge in [0.05, 0.1) is 42.5 Å². The van der Waals surface area contributed by atoms with Crippen LogP contribution in [0.2, 0.25) is 5.02 Å². The Morgan fingerprint density at radius 1 is 1.21 bits per heavy atom. The van der Waals surface area contributed by atoms with Crippen LogP contribution in [0.5, 0.6) is 0 Å². The van der Waals surface area contributed by atoms with Crippen molar-refractivity contribution in [2.45, 2.75) is 51.2 Å². The lowest BCUT2D eigenvalue weighted by molar-refractivity contribution is -0.0443. The second-order valence-corrected chi connectivity index (χ2v) is 9.09. The molecule has 11 heteroatoms. The van der Waals surface area contributed by atoms with Crippen molar-refractivity contribution in [3.8, 4) is 0 Å². The van der Waals surface area contributed by atoms with Crippen molar-refractivity contribution < 1.29 is 33.4 Å². The number of rotatable bonds is 6. The molecule has 3 atom stereocenters. The molecule has 1 aromatic carbocycles. The highest BCUT2D eigenvalue weighted by molar-refractivity contribution is 6.38. The number of hydrogen-bond donors (Lipinski definition) is 1. The normalized spacial score (nSPS) is 26.5. The van der Waals surface area contributed by atoms with Crippen LogP contribution in [0.4, 0.5) is 16.3 Å². The molecule has 3 unspecified atom stereocenters. The molecule has 0 bridgehead atoms. The van der Waals surface area contributed by atoms with Crippen LogP contribution >= 0.6 is 11.6 Å². The van der Waals surface area contributed by atoms with E-state index in [4.69, 9.17) is 35.1 Å².